The highest BCUT2D eigenvalue weighted by molar-refractivity contribution is 7.00. The van der Waals surface area contributed by atoms with Gasteiger partial charge in [0.25, 0.3) is 6.71 Å². The minimum Gasteiger partial charge on any atom is -0.311 e. The third-order valence-corrected chi connectivity index (χ3v) is 17.1. The maximum Gasteiger partial charge on any atom is 0.252 e. The summed E-state index contributed by atoms with van der Waals surface area (Å²) in [5.41, 5.74) is 27.3. The molecule has 9 aromatic rings. The Balaban J connectivity index is 1.13. The Hall–Kier alpha value is -7.56. The van der Waals surface area contributed by atoms with E-state index in [0.717, 1.165) is 22.7 Å². The lowest BCUT2D eigenvalue weighted by atomic mass is 9.33. The van der Waals surface area contributed by atoms with E-state index in [0.29, 0.717) is 0 Å². The van der Waals surface area contributed by atoms with Gasteiger partial charge in [-0.1, -0.05) is 212 Å². The average Bonchev–Trinajstić information content (AvgIpc) is 3.82. The average molecular weight is 1000 g/mol. The quantitative estimate of drug-likeness (QED) is 0.154. The summed E-state index contributed by atoms with van der Waals surface area (Å²) >= 11 is 0. The van der Waals surface area contributed by atoms with Crippen LogP contribution in [0.2, 0.25) is 0 Å². The highest BCUT2D eigenvalue weighted by atomic mass is 15.2. The Morgan fingerprint density at radius 2 is 0.844 bits per heavy atom. The number of hydrogen-bond acceptors (Lipinski definition) is 3. The van der Waals surface area contributed by atoms with Gasteiger partial charge in [-0.25, -0.2) is 0 Å². The molecule has 0 N–H and O–H groups in total. The third kappa shape index (κ3) is 8.51. The van der Waals surface area contributed by atoms with Gasteiger partial charge in [-0.2, -0.15) is 0 Å². The Morgan fingerprint density at radius 1 is 0.351 bits per heavy atom. The summed E-state index contributed by atoms with van der Waals surface area (Å²) in [6, 6.07) is 74.6. The fourth-order valence-electron chi connectivity index (χ4n) is 12.5. The van der Waals surface area contributed by atoms with Gasteiger partial charge >= 0.3 is 0 Å². The summed E-state index contributed by atoms with van der Waals surface area (Å²) < 4.78 is 0. The van der Waals surface area contributed by atoms with Crippen molar-refractivity contribution in [1.82, 2.24) is 0 Å². The molecule has 9 aromatic carbocycles. The molecule has 0 saturated heterocycles. The lowest BCUT2D eigenvalue weighted by Gasteiger charge is -2.46. The molecule has 0 fully saturated rings. The number of hydrogen-bond donors (Lipinski definition) is 0. The molecule has 0 radical (unpaired) electrons. The molecule has 0 spiro atoms. The van der Waals surface area contributed by atoms with E-state index in [9.17, 15) is 0 Å². The summed E-state index contributed by atoms with van der Waals surface area (Å²) in [4.78, 5) is 7.68. The molecule has 0 bridgehead atoms. The van der Waals surface area contributed by atoms with Gasteiger partial charge in [-0.05, 0) is 173 Å². The highest BCUT2D eigenvalue weighted by Crippen LogP contribution is 2.53. The van der Waals surface area contributed by atoms with Gasteiger partial charge in [0.15, 0.2) is 0 Å². The molecule has 2 aliphatic heterocycles. The van der Waals surface area contributed by atoms with E-state index in [-0.39, 0.29) is 33.8 Å². The summed E-state index contributed by atoms with van der Waals surface area (Å²) in [5.74, 6) is 0. The number of rotatable bonds is 6. The van der Waals surface area contributed by atoms with Gasteiger partial charge in [0.05, 0.1) is 0 Å². The Bertz CT molecular complexity index is 3740. The Labute approximate surface area is 460 Å². The van der Waals surface area contributed by atoms with Crippen molar-refractivity contribution in [2.75, 3.05) is 14.7 Å². The van der Waals surface area contributed by atoms with E-state index >= 15 is 0 Å². The second kappa shape index (κ2) is 17.7. The van der Waals surface area contributed by atoms with Gasteiger partial charge in [0, 0.05) is 56.6 Å². The van der Waals surface area contributed by atoms with Crippen LogP contribution in [-0.4, -0.2) is 6.71 Å². The predicted molar refractivity (Wildman–Crippen MR) is 333 cm³/mol. The number of nitrogens with zero attached hydrogens (tertiary/aromatic N) is 3. The van der Waals surface area contributed by atoms with Crippen LogP contribution in [-0.2, 0) is 27.1 Å². The second-order valence-electron chi connectivity index (χ2n) is 26.8. The van der Waals surface area contributed by atoms with E-state index in [1.807, 2.05) is 0 Å². The summed E-state index contributed by atoms with van der Waals surface area (Å²) in [6.45, 7) is 32.7. The standard InChI is InChI=1S/C73H74BN3/c1-69(2,3)49-26-33-54(34-27-49)75(53-31-24-48(25-32-53)47-20-16-15-17-21-47)57-38-40-62-65(46-57)76(55-35-28-50(29-36-55)70(4,5)6)66-43-52(72(10,11)12)44-67-68(66)74(62)63-42-51(71(7,8)9)30-41-64(63)77(67)56-37-39-59-58-22-18-19-23-60(58)73(13,14)61(59)45-56/h15-46H,1-14H3. The van der Waals surface area contributed by atoms with Crippen LogP contribution in [0, 0.1) is 0 Å². The normalized spacial score (nSPS) is 14.4. The Morgan fingerprint density at radius 3 is 1.45 bits per heavy atom. The molecule has 0 atom stereocenters. The molecule has 0 aromatic heterocycles. The van der Waals surface area contributed by atoms with E-state index in [1.165, 1.54) is 100 Å². The first kappa shape index (κ1) is 50.3. The molecule has 0 saturated carbocycles. The van der Waals surface area contributed by atoms with Gasteiger partial charge in [0.1, 0.15) is 0 Å². The van der Waals surface area contributed by atoms with Crippen LogP contribution in [0.25, 0.3) is 22.3 Å². The highest BCUT2D eigenvalue weighted by Gasteiger charge is 2.46. The van der Waals surface area contributed by atoms with Gasteiger partial charge in [-0.15, -0.1) is 0 Å². The second-order valence-corrected chi connectivity index (χ2v) is 26.8. The van der Waals surface area contributed by atoms with E-state index in [2.05, 4.69) is 306 Å². The molecule has 384 valence electrons. The lowest BCUT2D eigenvalue weighted by Crippen LogP contribution is -2.61. The monoisotopic (exact) mass is 1000 g/mol. The number of benzene rings is 9. The van der Waals surface area contributed by atoms with Crippen LogP contribution in [0.1, 0.15) is 130 Å². The molecule has 2 heterocycles. The number of fused-ring (bicyclic) bond motifs is 7. The van der Waals surface area contributed by atoms with Crippen molar-refractivity contribution < 1.29 is 0 Å². The van der Waals surface area contributed by atoms with Crippen LogP contribution in [0.3, 0.4) is 0 Å². The van der Waals surface area contributed by atoms with Gasteiger partial charge < -0.3 is 14.7 Å². The zero-order chi connectivity index (χ0) is 54.1. The Kier molecular flexibility index (Phi) is 11.6. The van der Waals surface area contributed by atoms with Crippen LogP contribution >= 0.6 is 0 Å². The van der Waals surface area contributed by atoms with Crippen LogP contribution < -0.4 is 31.1 Å². The molecular formula is C73H74BN3. The molecule has 12 rings (SSSR count). The minimum atomic E-state index is -0.156. The largest absolute Gasteiger partial charge is 0.311 e. The molecular weight excluding hydrogens is 930 g/mol. The first-order valence-electron chi connectivity index (χ1n) is 27.9. The van der Waals surface area contributed by atoms with Crippen molar-refractivity contribution in [2.24, 2.45) is 0 Å². The number of anilines is 9. The van der Waals surface area contributed by atoms with Crippen molar-refractivity contribution in [3.05, 3.63) is 228 Å². The first-order chi connectivity index (χ1) is 36.5. The SMILES string of the molecule is CC(C)(C)c1ccc(N(c2ccc(-c3ccccc3)cc2)c2ccc3c(c2)N(c2ccc(C(C)(C)C)cc2)c2cc(C(C)(C)C)cc4c2B3c2cc(C(C)(C)C)ccc2N4c2ccc3c(c2)C(C)(C)c2ccccc2-3)cc1. The third-order valence-electron chi connectivity index (χ3n) is 17.1. The van der Waals surface area contributed by atoms with Gasteiger partial charge in [0.2, 0.25) is 0 Å². The topological polar surface area (TPSA) is 9.72 Å². The van der Waals surface area contributed by atoms with Crippen molar-refractivity contribution in [2.45, 2.75) is 124 Å². The fraction of sp³-hybridized carbons (Fsp3) is 0.260. The van der Waals surface area contributed by atoms with Crippen molar-refractivity contribution in [3.8, 4) is 22.3 Å². The zero-order valence-corrected chi connectivity index (χ0v) is 47.9. The van der Waals surface area contributed by atoms with Crippen molar-refractivity contribution >= 4 is 74.3 Å². The summed E-state index contributed by atoms with van der Waals surface area (Å²) in [6.07, 6.45) is 0. The maximum absolute atomic E-state index is 2.62. The smallest absolute Gasteiger partial charge is 0.252 e. The van der Waals surface area contributed by atoms with Crippen molar-refractivity contribution in [1.29, 1.82) is 0 Å². The molecule has 0 unspecified atom stereocenters. The van der Waals surface area contributed by atoms with E-state index < -0.39 is 0 Å². The lowest BCUT2D eigenvalue weighted by molar-refractivity contribution is 0.590. The maximum atomic E-state index is 2.62. The van der Waals surface area contributed by atoms with E-state index in [1.54, 1.807) is 0 Å². The van der Waals surface area contributed by atoms with Crippen molar-refractivity contribution in [3.63, 3.8) is 0 Å². The molecule has 77 heavy (non-hydrogen) atoms. The van der Waals surface area contributed by atoms with Crippen LogP contribution in [0.4, 0.5) is 51.2 Å². The summed E-state index contributed by atoms with van der Waals surface area (Å²) in [7, 11) is 0. The minimum absolute atomic E-state index is 0.00177. The molecule has 3 aliphatic rings. The molecule has 0 amide bonds. The van der Waals surface area contributed by atoms with Crippen LogP contribution in [0.5, 0.6) is 0 Å². The van der Waals surface area contributed by atoms with Crippen LogP contribution in [0.15, 0.2) is 194 Å². The fourth-order valence-corrected chi connectivity index (χ4v) is 12.5. The zero-order valence-electron chi connectivity index (χ0n) is 47.9. The van der Waals surface area contributed by atoms with E-state index in [4.69, 9.17) is 0 Å². The predicted octanol–water partition coefficient (Wildman–Crippen LogP) is 18.4. The molecule has 3 nitrogen and oxygen atoms in total. The first-order valence-corrected chi connectivity index (χ1v) is 27.9. The molecule has 4 heteroatoms. The molecule has 1 aliphatic carbocycles. The summed E-state index contributed by atoms with van der Waals surface area (Å²) in [5, 5.41) is 0. The van der Waals surface area contributed by atoms with Gasteiger partial charge in [-0.3, -0.25) is 0 Å².